The van der Waals surface area contributed by atoms with Crippen LogP contribution in [0.5, 0.6) is 0 Å². The van der Waals surface area contributed by atoms with Crippen LogP contribution in [0, 0.1) is 20.2 Å². The Morgan fingerprint density at radius 3 is 1.28 bits per heavy atom. The van der Waals surface area contributed by atoms with Crippen LogP contribution in [0.25, 0.3) is 0 Å². The van der Waals surface area contributed by atoms with Gasteiger partial charge in [0.15, 0.2) is 0 Å². The molecule has 0 saturated carbocycles. The molecule has 39 heavy (non-hydrogen) atoms. The normalized spacial score (nSPS) is 10.5. The molecular formula is C27H20N8O4. The lowest BCUT2D eigenvalue weighted by Gasteiger charge is -2.23. The van der Waals surface area contributed by atoms with Crippen molar-refractivity contribution < 1.29 is 9.85 Å². The van der Waals surface area contributed by atoms with E-state index >= 15 is 0 Å². The van der Waals surface area contributed by atoms with Gasteiger partial charge >= 0.3 is 0 Å². The van der Waals surface area contributed by atoms with Crippen LogP contribution >= 0.6 is 0 Å². The zero-order valence-corrected chi connectivity index (χ0v) is 20.2. The largest absolute Gasteiger partial charge is 0.324 e. The second kappa shape index (κ2) is 11.0. The average molecular weight is 521 g/mol. The zero-order chi connectivity index (χ0) is 27.2. The summed E-state index contributed by atoms with van der Waals surface area (Å²) in [5.74, 6) is 0.640. The second-order valence-electron chi connectivity index (χ2n) is 8.15. The molecule has 0 amide bonds. The van der Waals surface area contributed by atoms with Crippen molar-refractivity contribution in [3.05, 3.63) is 129 Å². The van der Waals surface area contributed by atoms with Crippen LogP contribution < -0.4 is 15.5 Å². The van der Waals surface area contributed by atoms with Crippen molar-refractivity contribution in [2.24, 2.45) is 0 Å². The standard InChI is InChI=1S/C27H20N8O4/c36-34(37)23-15-11-19(12-16-23)28-25-30-26(29-20-13-17-24(18-14-20)35(38)39)32-27(31-25)33(21-7-3-1-4-8-21)22-9-5-2-6-10-22/h1-18H,(H2,28,29,30,31,32). The van der Waals surface area contributed by atoms with E-state index in [-0.39, 0.29) is 29.2 Å². The number of para-hydroxylation sites is 2. The maximum atomic E-state index is 11.0. The number of hydrogen-bond donors (Lipinski definition) is 2. The highest BCUT2D eigenvalue weighted by atomic mass is 16.6. The lowest BCUT2D eigenvalue weighted by molar-refractivity contribution is -0.385. The third kappa shape index (κ3) is 5.91. The molecule has 1 aromatic heterocycles. The van der Waals surface area contributed by atoms with E-state index < -0.39 is 9.85 Å². The van der Waals surface area contributed by atoms with E-state index in [1.807, 2.05) is 65.6 Å². The minimum atomic E-state index is -0.478. The molecule has 12 nitrogen and oxygen atoms in total. The van der Waals surface area contributed by atoms with Crippen molar-refractivity contribution >= 4 is 52.0 Å². The van der Waals surface area contributed by atoms with E-state index in [4.69, 9.17) is 0 Å². The molecule has 0 radical (unpaired) electrons. The summed E-state index contributed by atoms with van der Waals surface area (Å²) in [6.07, 6.45) is 0. The average Bonchev–Trinajstić information content (AvgIpc) is 2.95. The van der Waals surface area contributed by atoms with Crippen LogP contribution in [0.1, 0.15) is 0 Å². The predicted molar refractivity (Wildman–Crippen MR) is 147 cm³/mol. The van der Waals surface area contributed by atoms with E-state index in [1.54, 1.807) is 24.3 Å². The van der Waals surface area contributed by atoms with Crippen LogP contribution in [0.4, 0.5) is 52.0 Å². The molecule has 5 rings (SSSR count). The Labute approximate surface area is 221 Å². The number of benzene rings is 4. The van der Waals surface area contributed by atoms with Crippen LogP contribution in [-0.4, -0.2) is 24.8 Å². The Morgan fingerprint density at radius 2 is 0.923 bits per heavy atom. The van der Waals surface area contributed by atoms with Crippen LogP contribution in [0.15, 0.2) is 109 Å². The monoisotopic (exact) mass is 520 g/mol. The van der Waals surface area contributed by atoms with Crippen LogP contribution in [0.2, 0.25) is 0 Å². The first-order valence-electron chi connectivity index (χ1n) is 11.7. The van der Waals surface area contributed by atoms with Gasteiger partial charge in [-0.15, -0.1) is 0 Å². The van der Waals surface area contributed by atoms with Crippen molar-refractivity contribution in [2.75, 3.05) is 15.5 Å². The van der Waals surface area contributed by atoms with Crippen molar-refractivity contribution in [3.8, 4) is 0 Å². The van der Waals surface area contributed by atoms with E-state index in [9.17, 15) is 20.2 Å². The molecule has 0 unspecified atom stereocenters. The van der Waals surface area contributed by atoms with Gasteiger partial charge < -0.3 is 10.6 Å². The number of anilines is 7. The van der Waals surface area contributed by atoms with Crippen molar-refractivity contribution in [3.63, 3.8) is 0 Å². The Morgan fingerprint density at radius 1 is 0.538 bits per heavy atom. The SMILES string of the molecule is O=[N+]([O-])c1ccc(Nc2nc(Nc3ccc([N+](=O)[O-])cc3)nc(N(c3ccccc3)c3ccccc3)n2)cc1. The number of non-ortho nitro benzene ring substituents is 2. The van der Waals surface area contributed by atoms with Crippen LogP contribution in [0.3, 0.4) is 0 Å². The van der Waals surface area contributed by atoms with Gasteiger partial charge in [-0.05, 0) is 48.5 Å². The summed E-state index contributed by atoms with van der Waals surface area (Å²) in [5.41, 5.74) is 2.58. The first kappa shape index (κ1) is 24.8. The number of rotatable bonds is 9. The third-order valence-corrected chi connectivity index (χ3v) is 5.52. The number of nitro groups is 2. The lowest BCUT2D eigenvalue weighted by Crippen LogP contribution is -2.16. The van der Waals surface area contributed by atoms with Crippen molar-refractivity contribution in [1.82, 2.24) is 15.0 Å². The molecule has 192 valence electrons. The maximum absolute atomic E-state index is 11.0. The van der Waals surface area contributed by atoms with Crippen molar-refractivity contribution in [1.29, 1.82) is 0 Å². The number of hydrogen-bond acceptors (Lipinski definition) is 10. The molecule has 0 aliphatic rings. The summed E-state index contributed by atoms with van der Waals surface area (Å²) in [5, 5.41) is 28.2. The molecule has 2 N–H and O–H groups in total. The van der Waals surface area contributed by atoms with Gasteiger partial charge in [0.25, 0.3) is 11.4 Å². The van der Waals surface area contributed by atoms with Crippen molar-refractivity contribution in [2.45, 2.75) is 0 Å². The molecule has 1 heterocycles. The maximum Gasteiger partial charge on any atom is 0.269 e. The summed E-state index contributed by atoms with van der Waals surface area (Å²) in [7, 11) is 0. The summed E-state index contributed by atoms with van der Waals surface area (Å²) in [4.78, 5) is 36.7. The zero-order valence-electron chi connectivity index (χ0n) is 20.2. The van der Waals surface area contributed by atoms with Crippen LogP contribution in [-0.2, 0) is 0 Å². The molecule has 0 atom stereocenters. The molecule has 0 bridgehead atoms. The topological polar surface area (TPSA) is 152 Å². The van der Waals surface area contributed by atoms with E-state index in [1.165, 1.54) is 24.3 Å². The van der Waals surface area contributed by atoms with Gasteiger partial charge in [-0.25, -0.2) is 0 Å². The molecule has 5 aromatic rings. The molecular weight excluding hydrogens is 500 g/mol. The smallest absolute Gasteiger partial charge is 0.269 e. The molecule has 0 fully saturated rings. The minimum absolute atomic E-state index is 0.0447. The summed E-state index contributed by atoms with van der Waals surface area (Å²) in [6.45, 7) is 0. The van der Waals surface area contributed by atoms with Gasteiger partial charge in [0.05, 0.1) is 9.85 Å². The fraction of sp³-hybridized carbons (Fsp3) is 0. The first-order valence-corrected chi connectivity index (χ1v) is 11.7. The molecule has 0 spiro atoms. The second-order valence-corrected chi connectivity index (χ2v) is 8.15. The van der Waals surface area contributed by atoms with Gasteiger partial charge in [0, 0.05) is 47.0 Å². The Balaban J connectivity index is 1.57. The van der Waals surface area contributed by atoms with Gasteiger partial charge in [0.1, 0.15) is 0 Å². The third-order valence-electron chi connectivity index (χ3n) is 5.52. The quantitative estimate of drug-likeness (QED) is 0.160. The predicted octanol–water partition coefficient (Wildman–Crippen LogP) is 6.65. The summed E-state index contributed by atoms with van der Waals surface area (Å²) < 4.78 is 0. The van der Waals surface area contributed by atoms with E-state index in [2.05, 4.69) is 25.6 Å². The van der Waals surface area contributed by atoms with Gasteiger partial charge in [-0.3, -0.25) is 25.1 Å². The number of nitrogens with zero attached hydrogens (tertiary/aromatic N) is 6. The van der Waals surface area contributed by atoms with Gasteiger partial charge in [-0.2, -0.15) is 15.0 Å². The van der Waals surface area contributed by atoms with E-state index in [0.29, 0.717) is 11.4 Å². The highest BCUT2D eigenvalue weighted by molar-refractivity contribution is 5.74. The molecule has 4 aromatic carbocycles. The highest BCUT2D eigenvalue weighted by Gasteiger charge is 2.18. The lowest BCUT2D eigenvalue weighted by atomic mass is 10.2. The molecule has 0 aliphatic carbocycles. The summed E-state index contributed by atoms with van der Waals surface area (Å²) in [6, 6.07) is 30.8. The Bertz CT molecular complexity index is 1480. The fourth-order valence-corrected chi connectivity index (χ4v) is 3.70. The van der Waals surface area contributed by atoms with E-state index in [0.717, 1.165) is 11.4 Å². The molecule has 0 aliphatic heterocycles. The summed E-state index contributed by atoms with van der Waals surface area (Å²) >= 11 is 0. The fourth-order valence-electron chi connectivity index (χ4n) is 3.70. The Hall–Kier alpha value is -5.91. The number of nitro benzene ring substituents is 2. The van der Waals surface area contributed by atoms with Gasteiger partial charge in [0.2, 0.25) is 17.8 Å². The molecule has 0 saturated heterocycles. The van der Waals surface area contributed by atoms with Gasteiger partial charge in [-0.1, -0.05) is 36.4 Å². The highest BCUT2D eigenvalue weighted by Crippen LogP contribution is 2.33. The number of nitrogens with one attached hydrogen (secondary N) is 2. The molecule has 12 heteroatoms. The Kier molecular flexibility index (Phi) is 6.99. The minimum Gasteiger partial charge on any atom is -0.324 e. The number of aromatic nitrogens is 3. The first-order chi connectivity index (χ1) is 19.0.